The third kappa shape index (κ3) is 3.45. The summed E-state index contributed by atoms with van der Waals surface area (Å²) in [4.78, 5) is 0. The molecule has 0 aliphatic heterocycles. The van der Waals surface area contributed by atoms with E-state index in [-0.39, 0.29) is 5.92 Å². The van der Waals surface area contributed by atoms with Gasteiger partial charge in [0.05, 0.1) is 10.0 Å². The molecule has 1 unspecified atom stereocenters. The Hall–Kier alpha value is -0.690. The summed E-state index contributed by atoms with van der Waals surface area (Å²) in [5.41, 5.74) is 3.57. The average molecular weight is 314 g/mol. The van der Waals surface area contributed by atoms with Crippen LogP contribution in [0.25, 0.3) is 0 Å². The van der Waals surface area contributed by atoms with Crippen LogP contribution in [0.15, 0.2) is 42.5 Å². The molecular weight excluding hydrogens is 299 g/mol. The van der Waals surface area contributed by atoms with Crippen molar-refractivity contribution in [3.8, 4) is 0 Å². The van der Waals surface area contributed by atoms with Crippen LogP contribution in [0.3, 0.4) is 0 Å². The first kappa shape index (κ1) is 14.7. The zero-order valence-corrected chi connectivity index (χ0v) is 12.9. The van der Waals surface area contributed by atoms with Gasteiger partial charge in [-0.15, -0.1) is 11.6 Å². The van der Waals surface area contributed by atoms with Gasteiger partial charge in [-0.1, -0.05) is 59.6 Å². The van der Waals surface area contributed by atoms with Crippen molar-refractivity contribution >= 4 is 34.8 Å². The minimum absolute atomic E-state index is 0.249. The Morgan fingerprint density at radius 1 is 1.00 bits per heavy atom. The van der Waals surface area contributed by atoms with Gasteiger partial charge in [0.15, 0.2) is 0 Å². The Kier molecular flexibility index (Phi) is 5.15. The molecule has 0 aliphatic rings. The molecule has 0 aliphatic carbocycles. The normalized spacial score (nSPS) is 12.4. The number of benzene rings is 2. The molecule has 2 rings (SSSR count). The van der Waals surface area contributed by atoms with E-state index in [1.54, 1.807) is 6.07 Å². The molecule has 2 aromatic rings. The van der Waals surface area contributed by atoms with E-state index in [9.17, 15) is 0 Å². The van der Waals surface area contributed by atoms with Gasteiger partial charge in [0.25, 0.3) is 0 Å². The van der Waals surface area contributed by atoms with Crippen LogP contribution in [0.4, 0.5) is 0 Å². The molecule has 1 atom stereocenters. The summed E-state index contributed by atoms with van der Waals surface area (Å²) in [5.74, 6) is 0.812. The molecule has 0 nitrogen and oxygen atoms in total. The van der Waals surface area contributed by atoms with Crippen LogP contribution in [-0.4, -0.2) is 5.88 Å². The molecule has 0 fully saturated rings. The van der Waals surface area contributed by atoms with Gasteiger partial charge < -0.3 is 0 Å². The smallest absolute Gasteiger partial charge is 0.0624 e. The first-order valence-electron chi connectivity index (χ1n) is 6.18. The van der Waals surface area contributed by atoms with Crippen LogP contribution < -0.4 is 0 Å². The van der Waals surface area contributed by atoms with Crippen molar-refractivity contribution in [2.75, 3.05) is 5.88 Å². The van der Waals surface area contributed by atoms with Crippen molar-refractivity contribution in [3.63, 3.8) is 0 Å². The third-order valence-corrected chi connectivity index (χ3v) is 4.54. The van der Waals surface area contributed by atoms with E-state index < -0.39 is 0 Å². The second kappa shape index (κ2) is 6.65. The number of rotatable bonds is 4. The topological polar surface area (TPSA) is 0 Å². The van der Waals surface area contributed by atoms with Crippen molar-refractivity contribution in [2.45, 2.75) is 19.3 Å². The first-order valence-corrected chi connectivity index (χ1v) is 7.47. The number of hydrogen-bond donors (Lipinski definition) is 0. The Morgan fingerprint density at radius 3 is 2.42 bits per heavy atom. The molecule has 19 heavy (non-hydrogen) atoms. The summed E-state index contributed by atoms with van der Waals surface area (Å²) in [6.07, 6.45) is 0.799. The van der Waals surface area contributed by atoms with Crippen molar-refractivity contribution < 1.29 is 0 Å². The van der Waals surface area contributed by atoms with Crippen LogP contribution in [0.5, 0.6) is 0 Å². The predicted octanol–water partition coefficient (Wildman–Crippen LogP) is 5.87. The summed E-state index contributed by atoms with van der Waals surface area (Å²) in [5, 5.41) is 1.23. The van der Waals surface area contributed by atoms with Crippen molar-refractivity contribution in [1.82, 2.24) is 0 Å². The van der Waals surface area contributed by atoms with E-state index in [0.29, 0.717) is 15.9 Å². The van der Waals surface area contributed by atoms with E-state index in [4.69, 9.17) is 34.8 Å². The average Bonchev–Trinajstić information content (AvgIpc) is 2.41. The van der Waals surface area contributed by atoms with Gasteiger partial charge in [0.2, 0.25) is 0 Å². The summed E-state index contributed by atoms with van der Waals surface area (Å²) in [7, 11) is 0. The molecule has 0 amide bonds. The highest BCUT2D eigenvalue weighted by atomic mass is 35.5. The maximum Gasteiger partial charge on any atom is 0.0624 e. The highest BCUT2D eigenvalue weighted by Gasteiger charge is 2.15. The Bertz CT molecular complexity index is 564. The minimum atomic E-state index is 0.249. The summed E-state index contributed by atoms with van der Waals surface area (Å²) in [6, 6.07) is 14.0. The molecule has 0 N–H and O–H groups in total. The molecule has 0 heterocycles. The second-order valence-corrected chi connectivity index (χ2v) is 5.72. The predicted molar refractivity (Wildman–Crippen MR) is 84.8 cm³/mol. The Labute approximate surface area is 129 Å². The molecule has 0 bridgehead atoms. The second-order valence-electron chi connectivity index (χ2n) is 4.62. The lowest BCUT2D eigenvalue weighted by molar-refractivity contribution is 0.760. The first-order chi connectivity index (χ1) is 9.13. The standard InChI is InChI=1S/C16H15Cl3/c1-11-5-2-3-7-14(11)13(10-17)9-12-6-4-8-15(18)16(12)19/h2-8,13H,9-10H2,1H3. The van der Waals surface area contributed by atoms with Gasteiger partial charge in [-0.2, -0.15) is 0 Å². The molecule has 0 spiro atoms. The molecule has 0 saturated carbocycles. The zero-order valence-electron chi connectivity index (χ0n) is 10.7. The van der Waals surface area contributed by atoms with E-state index >= 15 is 0 Å². The van der Waals surface area contributed by atoms with Crippen molar-refractivity contribution in [2.24, 2.45) is 0 Å². The lowest BCUT2D eigenvalue weighted by Crippen LogP contribution is -2.07. The van der Waals surface area contributed by atoms with Gasteiger partial charge in [-0.3, -0.25) is 0 Å². The Morgan fingerprint density at radius 2 is 1.74 bits per heavy atom. The summed E-state index contributed by atoms with van der Waals surface area (Å²) in [6.45, 7) is 2.11. The number of hydrogen-bond acceptors (Lipinski definition) is 0. The molecule has 0 aromatic heterocycles. The molecule has 3 heteroatoms. The fourth-order valence-corrected chi connectivity index (χ4v) is 2.94. The van der Waals surface area contributed by atoms with E-state index in [2.05, 4.69) is 19.1 Å². The molecule has 2 aromatic carbocycles. The fraction of sp³-hybridized carbons (Fsp3) is 0.250. The molecule has 0 radical (unpaired) electrons. The van der Waals surface area contributed by atoms with Gasteiger partial charge in [0.1, 0.15) is 0 Å². The molecule has 0 saturated heterocycles. The Balaban J connectivity index is 2.30. The summed E-state index contributed by atoms with van der Waals surface area (Å²) >= 11 is 18.4. The largest absolute Gasteiger partial charge is 0.126 e. The van der Waals surface area contributed by atoms with Crippen LogP contribution >= 0.6 is 34.8 Å². The van der Waals surface area contributed by atoms with E-state index in [0.717, 1.165) is 12.0 Å². The van der Waals surface area contributed by atoms with Gasteiger partial charge >= 0.3 is 0 Å². The highest BCUT2D eigenvalue weighted by Crippen LogP contribution is 2.31. The third-order valence-electron chi connectivity index (χ3n) is 3.31. The van der Waals surface area contributed by atoms with Crippen LogP contribution in [0, 0.1) is 6.92 Å². The van der Waals surface area contributed by atoms with Gasteiger partial charge in [-0.05, 0) is 36.1 Å². The highest BCUT2D eigenvalue weighted by molar-refractivity contribution is 6.42. The fourth-order valence-electron chi connectivity index (χ4n) is 2.26. The SMILES string of the molecule is Cc1ccccc1C(CCl)Cc1cccc(Cl)c1Cl. The summed E-state index contributed by atoms with van der Waals surface area (Å²) < 4.78 is 0. The van der Waals surface area contributed by atoms with Crippen LogP contribution in [0.2, 0.25) is 10.0 Å². The number of alkyl halides is 1. The lowest BCUT2D eigenvalue weighted by atomic mass is 9.90. The number of halogens is 3. The lowest BCUT2D eigenvalue weighted by Gasteiger charge is -2.18. The maximum absolute atomic E-state index is 6.25. The minimum Gasteiger partial charge on any atom is -0.126 e. The monoisotopic (exact) mass is 312 g/mol. The number of aryl methyl sites for hydroxylation is 1. The van der Waals surface area contributed by atoms with Crippen LogP contribution in [-0.2, 0) is 6.42 Å². The molecule has 100 valence electrons. The van der Waals surface area contributed by atoms with Crippen molar-refractivity contribution in [3.05, 3.63) is 69.2 Å². The van der Waals surface area contributed by atoms with Gasteiger partial charge in [0, 0.05) is 11.8 Å². The van der Waals surface area contributed by atoms with E-state index in [1.807, 2.05) is 24.3 Å². The zero-order chi connectivity index (χ0) is 13.8. The van der Waals surface area contributed by atoms with E-state index in [1.165, 1.54) is 11.1 Å². The maximum atomic E-state index is 6.25. The molecular formula is C16H15Cl3. The quantitative estimate of drug-likeness (QED) is 0.619. The van der Waals surface area contributed by atoms with Crippen LogP contribution in [0.1, 0.15) is 22.6 Å². The van der Waals surface area contributed by atoms with Gasteiger partial charge in [-0.25, -0.2) is 0 Å². The van der Waals surface area contributed by atoms with Crippen molar-refractivity contribution in [1.29, 1.82) is 0 Å².